The lowest BCUT2D eigenvalue weighted by Gasteiger charge is -2.29. The smallest absolute Gasteiger partial charge is 0.353 e. The molecule has 0 aromatic heterocycles. The number of rotatable bonds is 5. The number of carbonyl (C=O) groups is 1. The minimum atomic E-state index is -3.09. The Bertz CT molecular complexity index is 206. The lowest BCUT2D eigenvalue weighted by Crippen LogP contribution is -2.63. The monoisotopic (exact) mass is 211 g/mol. The van der Waals surface area contributed by atoms with Crippen LogP contribution >= 0.6 is 0 Å². The molecule has 8 N–H and O–H groups in total. The van der Waals surface area contributed by atoms with Crippen LogP contribution in [0.1, 0.15) is 0 Å². The van der Waals surface area contributed by atoms with Crippen LogP contribution in [0, 0.1) is 0 Å². The highest BCUT2D eigenvalue weighted by molar-refractivity contribution is 5.77. The quantitative estimate of drug-likeness (QED) is 0.225. The van der Waals surface area contributed by atoms with Gasteiger partial charge in [-0.15, -0.1) is 0 Å². The van der Waals surface area contributed by atoms with Crippen LogP contribution in [0.3, 0.4) is 0 Å². The van der Waals surface area contributed by atoms with Crippen LogP contribution in [0.25, 0.3) is 0 Å². The Morgan fingerprint density at radius 3 is 2.07 bits per heavy atom. The molecule has 0 fully saturated rings. The molecule has 0 unspecified atom stereocenters. The first-order valence-electron chi connectivity index (χ1n) is 3.64. The van der Waals surface area contributed by atoms with Gasteiger partial charge in [0, 0.05) is 0 Å². The fourth-order valence-electron chi connectivity index (χ4n) is 0.705. The van der Waals surface area contributed by atoms with E-state index in [2.05, 4.69) is 0 Å². The van der Waals surface area contributed by atoms with Crippen molar-refractivity contribution in [1.29, 1.82) is 0 Å². The van der Waals surface area contributed by atoms with E-state index < -0.39 is 36.6 Å². The highest BCUT2D eigenvalue weighted by Crippen LogP contribution is 2.11. The molecule has 14 heavy (non-hydrogen) atoms. The van der Waals surface area contributed by atoms with E-state index in [9.17, 15) is 4.79 Å². The van der Waals surface area contributed by atoms with E-state index in [1.165, 1.54) is 0 Å². The second-order valence-electron chi connectivity index (χ2n) is 2.82. The molecule has 4 atom stereocenters. The van der Waals surface area contributed by atoms with Crippen LogP contribution in [-0.2, 0) is 4.79 Å². The summed E-state index contributed by atoms with van der Waals surface area (Å²) in [6.45, 7) is -0.909. The van der Waals surface area contributed by atoms with Gasteiger partial charge in [0.25, 0.3) is 0 Å². The summed E-state index contributed by atoms with van der Waals surface area (Å²) >= 11 is 0. The van der Waals surface area contributed by atoms with Crippen molar-refractivity contribution in [2.75, 3.05) is 6.61 Å². The summed E-state index contributed by atoms with van der Waals surface area (Å²) in [7, 11) is 0. The van der Waals surface area contributed by atoms with E-state index in [0.29, 0.717) is 0 Å². The number of aliphatic hydroxyl groups is 5. The molecule has 0 bridgehead atoms. The third-order valence-corrected chi connectivity index (χ3v) is 1.70. The summed E-state index contributed by atoms with van der Waals surface area (Å²) in [6.07, 6.45) is -6.17. The molecule has 84 valence electrons. The summed E-state index contributed by atoms with van der Waals surface area (Å²) < 4.78 is 0. The number of nitrogens with two attached hydrogens (primary N) is 1. The molecular weight excluding hydrogens is 198 g/mol. The third-order valence-electron chi connectivity index (χ3n) is 1.70. The summed E-state index contributed by atoms with van der Waals surface area (Å²) in [4.78, 5) is 10.3. The second kappa shape index (κ2) is 4.64. The molecule has 0 saturated carbocycles. The van der Waals surface area contributed by atoms with Crippen molar-refractivity contribution in [2.24, 2.45) is 5.73 Å². The van der Waals surface area contributed by atoms with Gasteiger partial charge in [0.05, 0.1) is 6.61 Å². The van der Waals surface area contributed by atoms with Crippen molar-refractivity contribution < 1.29 is 35.4 Å². The standard InChI is InChI=1S/C6H13NO7/c7-6(14,5(12)13)4(11)3(10)2(9)1-8/h2-4,8-11,14H,1,7H2,(H,12,13)/t2-,3-,4-,6-/m1/s1. The molecule has 0 heterocycles. The Morgan fingerprint density at radius 2 is 1.79 bits per heavy atom. The number of hydrogen-bond donors (Lipinski definition) is 7. The molecule has 0 radical (unpaired) electrons. The first-order chi connectivity index (χ1) is 6.25. The van der Waals surface area contributed by atoms with Crippen LogP contribution < -0.4 is 5.73 Å². The van der Waals surface area contributed by atoms with Gasteiger partial charge in [0.1, 0.15) is 18.3 Å². The zero-order chi connectivity index (χ0) is 11.5. The summed E-state index contributed by atoms with van der Waals surface area (Å²) in [5.41, 5.74) is 1.66. The average Bonchev–Trinajstić information content (AvgIpc) is 2.13. The van der Waals surface area contributed by atoms with Crippen molar-refractivity contribution >= 4 is 5.97 Å². The molecular formula is C6H13NO7. The van der Waals surface area contributed by atoms with Crippen LogP contribution in [-0.4, -0.2) is 67.3 Å². The minimum Gasteiger partial charge on any atom is -0.478 e. The van der Waals surface area contributed by atoms with Gasteiger partial charge in [0.15, 0.2) is 0 Å². The van der Waals surface area contributed by atoms with Gasteiger partial charge in [-0.25, -0.2) is 4.79 Å². The molecule has 0 aliphatic heterocycles. The molecule has 8 nitrogen and oxygen atoms in total. The maximum absolute atomic E-state index is 10.3. The molecule has 0 aromatic carbocycles. The molecule has 0 aromatic rings. The van der Waals surface area contributed by atoms with Gasteiger partial charge in [-0.1, -0.05) is 0 Å². The van der Waals surface area contributed by atoms with Crippen LogP contribution in [0.5, 0.6) is 0 Å². The van der Waals surface area contributed by atoms with Crippen molar-refractivity contribution in [2.45, 2.75) is 24.0 Å². The maximum atomic E-state index is 10.3. The lowest BCUT2D eigenvalue weighted by molar-refractivity contribution is -0.189. The van der Waals surface area contributed by atoms with Crippen LogP contribution in [0.2, 0.25) is 0 Å². The highest BCUT2D eigenvalue weighted by Gasteiger charge is 2.45. The predicted octanol–water partition coefficient (Wildman–Crippen LogP) is -4.21. The minimum absolute atomic E-state index is 0.909. The molecule has 0 aliphatic rings. The fraction of sp³-hybridized carbons (Fsp3) is 0.833. The van der Waals surface area contributed by atoms with Crippen molar-refractivity contribution in [3.05, 3.63) is 0 Å². The summed E-state index contributed by atoms with van der Waals surface area (Å²) in [5.74, 6) is -1.96. The lowest BCUT2D eigenvalue weighted by atomic mass is 9.99. The van der Waals surface area contributed by atoms with Gasteiger partial charge >= 0.3 is 5.97 Å². The van der Waals surface area contributed by atoms with Crippen molar-refractivity contribution in [1.82, 2.24) is 0 Å². The van der Waals surface area contributed by atoms with Crippen molar-refractivity contribution in [3.8, 4) is 0 Å². The number of carboxylic acids is 1. The van der Waals surface area contributed by atoms with Gasteiger partial charge in [-0.2, -0.15) is 0 Å². The first kappa shape index (κ1) is 13.2. The van der Waals surface area contributed by atoms with E-state index in [1.807, 2.05) is 0 Å². The Balaban J connectivity index is 4.60. The summed E-state index contributed by atoms with van der Waals surface area (Å²) in [6, 6.07) is 0. The van der Waals surface area contributed by atoms with Gasteiger partial charge in [0.2, 0.25) is 5.72 Å². The van der Waals surface area contributed by atoms with Gasteiger partial charge < -0.3 is 30.6 Å². The molecule has 0 aliphatic carbocycles. The number of aliphatic hydroxyl groups excluding tert-OH is 4. The second-order valence-corrected chi connectivity index (χ2v) is 2.82. The normalized spacial score (nSPS) is 22.1. The first-order valence-corrected chi connectivity index (χ1v) is 3.64. The van der Waals surface area contributed by atoms with Gasteiger partial charge in [-0.3, -0.25) is 5.73 Å². The molecule has 0 amide bonds. The molecule has 0 spiro atoms. The Morgan fingerprint density at radius 1 is 1.36 bits per heavy atom. The van der Waals surface area contributed by atoms with E-state index in [0.717, 1.165) is 0 Å². The molecule has 8 heteroatoms. The van der Waals surface area contributed by atoms with E-state index in [1.54, 1.807) is 0 Å². The maximum Gasteiger partial charge on any atom is 0.353 e. The third kappa shape index (κ3) is 2.61. The zero-order valence-electron chi connectivity index (χ0n) is 7.11. The topological polar surface area (TPSA) is 164 Å². The highest BCUT2D eigenvalue weighted by atomic mass is 16.4. The number of carboxylic acid groups (broad SMARTS) is 1. The number of aliphatic carboxylic acids is 1. The van der Waals surface area contributed by atoms with Crippen LogP contribution in [0.4, 0.5) is 0 Å². The molecule has 0 saturated heterocycles. The zero-order valence-corrected chi connectivity index (χ0v) is 7.11. The Hall–Kier alpha value is -0.770. The van der Waals surface area contributed by atoms with E-state index in [-0.39, 0.29) is 0 Å². The predicted molar refractivity (Wildman–Crippen MR) is 41.9 cm³/mol. The molecule has 0 rings (SSSR count). The van der Waals surface area contributed by atoms with Gasteiger partial charge in [-0.05, 0) is 0 Å². The average molecular weight is 211 g/mol. The fourth-order valence-corrected chi connectivity index (χ4v) is 0.705. The Labute approximate surface area is 78.8 Å². The summed E-state index contributed by atoms with van der Waals surface area (Å²) in [5, 5.41) is 52.5. The Kier molecular flexibility index (Phi) is 4.39. The van der Waals surface area contributed by atoms with E-state index >= 15 is 0 Å². The van der Waals surface area contributed by atoms with Crippen molar-refractivity contribution in [3.63, 3.8) is 0 Å². The van der Waals surface area contributed by atoms with E-state index in [4.69, 9.17) is 36.4 Å². The number of hydrogen-bond acceptors (Lipinski definition) is 7. The SMILES string of the molecule is N[C@](O)(C(=O)O)[C@H](O)[C@H](O)[C@H](O)CO. The van der Waals surface area contributed by atoms with Crippen LogP contribution in [0.15, 0.2) is 0 Å². The largest absolute Gasteiger partial charge is 0.478 e.